The second-order valence-corrected chi connectivity index (χ2v) is 6.70. The number of nitrogens with zero attached hydrogens (tertiary/aromatic N) is 2. The summed E-state index contributed by atoms with van der Waals surface area (Å²) in [4.78, 5) is 27.7. The number of aliphatic imine (C=N–C) groups is 1. The van der Waals surface area contributed by atoms with E-state index in [4.69, 9.17) is 5.26 Å². The molecule has 0 bridgehead atoms. The highest BCUT2D eigenvalue weighted by Crippen LogP contribution is 2.52. The molecule has 142 valence electrons. The number of halogens is 3. The van der Waals surface area contributed by atoms with Gasteiger partial charge in [0.25, 0.3) is 5.72 Å². The van der Waals surface area contributed by atoms with E-state index in [1.165, 1.54) is 24.3 Å². The van der Waals surface area contributed by atoms with Gasteiger partial charge in [-0.25, -0.2) is 4.99 Å². The van der Waals surface area contributed by atoms with Crippen LogP contribution >= 0.6 is 0 Å². The van der Waals surface area contributed by atoms with Crippen LogP contribution in [-0.4, -0.2) is 39.6 Å². The summed E-state index contributed by atoms with van der Waals surface area (Å²) in [6, 6.07) is 7.27. The van der Waals surface area contributed by atoms with Crippen molar-refractivity contribution in [3.63, 3.8) is 0 Å². The van der Waals surface area contributed by atoms with Gasteiger partial charge in [-0.15, -0.1) is 0 Å². The minimum absolute atomic E-state index is 0.0651. The van der Waals surface area contributed by atoms with Gasteiger partial charge in [0.2, 0.25) is 0 Å². The third kappa shape index (κ3) is 3.00. The predicted molar refractivity (Wildman–Crippen MR) is 85.8 cm³/mol. The molecule has 27 heavy (non-hydrogen) atoms. The molecule has 0 aromatic heterocycles. The summed E-state index contributed by atoms with van der Waals surface area (Å²) in [6.07, 6.45) is -4.91. The molecular formula is C18H15F3N2O4. The van der Waals surface area contributed by atoms with Gasteiger partial charge >= 0.3 is 12.1 Å². The van der Waals surface area contributed by atoms with Gasteiger partial charge in [0, 0.05) is 18.1 Å². The van der Waals surface area contributed by atoms with Crippen molar-refractivity contribution in [2.24, 2.45) is 16.8 Å². The summed E-state index contributed by atoms with van der Waals surface area (Å²) in [5.41, 5.74) is -3.80. The van der Waals surface area contributed by atoms with Crippen LogP contribution in [0.5, 0.6) is 0 Å². The van der Waals surface area contributed by atoms with Crippen molar-refractivity contribution in [3.05, 3.63) is 35.4 Å². The number of carboxylic acids is 1. The molecule has 1 aliphatic heterocycles. The van der Waals surface area contributed by atoms with Crippen molar-refractivity contribution in [1.29, 1.82) is 5.26 Å². The van der Waals surface area contributed by atoms with Gasteiger partial charge < -0.3 is 10.2 Å². The number of carbonyl (C=O) groups is 2. The number of ketones is 1. The topological polar surface area (TPSA) is 111 Å². The van der Waals surface area contributed by atoms with Gasteiger partial charge in [0.1, 0.15) is 11.7 Å². The normalized spacial score (nSPS) is 30.9. The second-order valence-electron chi connectivity index (χ2n) is 6.70. The van der Waals surface area contributed by atoms with Crippen LogP contribution < -0.4 is 0 Å². The van der Waals surface area contributed by atoms with E-state index in [0.29, 0.717) is 0 Å². The first-order chi connectivity index (χ1) is 12.6. The molecule has 9 heteroatoms. The van der Waals surface area contributed by atoms with Crippen LogP contribution in [-0.2, 0) is 9.59 Å². The molecule has 0 spiro atoms. The number of nitriles is 1. The average molecular weight is 380 g/mol. The smallest absolute Gasteiger partial charge is 0.439 e. The Morgan fingerprint density at radius 2 is 2.04 bits per heavy atom. The van der Waals surface area contributed by atoms with Crippen LogP contribution in [0.1, 0.15) is 36.3 Å². The number of hydrogen-bond donors (Lipinski definition) is 2. The molecule has 1 aromatic carbocycles. The Labute approximate surface area is 151 Å². The van der Waals surface area contributed by atoms with E-state index in [2.05, 4.69) is 4.99 Å². The lowest BCUT2D eigenvalue weighted by molar-refractivity contribution is -0.281. The molecule has 4 atom stereocenters. The Bertz CT molecular complexity index is 874. The zero-order valence-corrected chi connectivity index (χ0v) is 13.9. The zero-order chi connectivity index (χ0) is 20.0. The predicted octanol–water partition coefficient (Wildman–Crippen LogP) is 2.42. The van der Waals surface area contributed by atoms with E-state index >= 15 is 0 Å². The number of aliphatic hydroxyl groups is 1. The van der Waals surface area contributed by atoms with Crippen LogP contribution in [0.3, 0.4) is 0 Å². The van der Waals surface area contributed by atoms with Crippen LogP contribution in [0.25, 0.3) is 0 Å². The van der Waals surface area contributed by atoms with Gasteiger partial charge in [-0.2, -0.15) is 18.4 Å². The number of aliphatic carboxylic acids is 1. The van der Waals surface area contributed by atoms with Crippen molar-refractivity contribution in [1.82, 2.24) is 0 Å². The molecule has 1 aromatic rings. The molecule has 3 rings (SSSR count). The number of fused-ring (bicyclic) bond motifs is 1. The molecule has 1 heterocycles. The van der Waals surface area contributed by atoms with E-state index in [-0.39, 0.29) is 36.1 Å². The number of carboxylic acid groups (broad SMARTS) is 1. The second kappa shape index (κ2) is 6.46. The number of benzene rings is 1. The zero-order valence-electron chi connectivity index (χ0n) is 13.9. The molecule has 1 aliphatic carbocycles. The summed E-state index contributed by atoms with van der Waals surface area (Å²) >= 11 is 0. The first-order valence-electron chi connectivity index (χ1n) is 8.23. The van der Waals surface area contributed by atoms with Crippen molar-refractivity contribution < 1.29 is 33.0 Å². The molecule has 2 N–H and O–H groups in total. The van der Waals surface area contributed by atoms with Gasteiger partial charge in [-0.05, 0) is 30.5 Å². The maximum absolute atomic E-state index is 13.7. The Hall–Kier alpha value is -2.73. The summed E-state index contributed by atoms with van der Waals surface area (Å²) in [6.45, 7) is 0. The molecule has 0 amide bonds. The maximum Gasteiger partial charge on any atom is 0.439 e. The first kappa shape index (κ1) is 19.0. The van der Waals surface area contributed by atoms with E-state index in [1.807, 2.05) is 6.07 Å². The van der Waals surface area contributed by atoms with Gasteiger partial charge in [-0.1, -0.05) is 12.1 Å². The number of alkyl halides is 3. The van der Waals surface area contributed by atoms with Crippen molar-refractivity contribution >= 4 is 17.5 Å². The fraction of sp³-hybridized carbons (Fsp3) is 0.444. The molecule has 6 nitrogen and oxygen atoms in total. The Morgan fingerprint density at radius 3 is 2.63 bits per heavy atom. The highest BCUT2D eigenvalue weighted by Gasteiger charge is 2.68. The van der Waals surface area contributed by atoms with Crippen LogP contribution in [0.4, 0.5) is 13.2 Å². The van der Waals surface area contributed by atoms with Crippen molar-refractivity contribution in [2.45, 2.75) is 37.1 Å². The Kier molecular flexibility index (Phi) is 4.56. The quantitative estimate of drug-likeness (QED) is 0.819. The standard InChI is InChI=1S/C18H15F3N2O4/c19-18(20,21)17(27)15(16(25)26)13(10-4-1-3-9(7-10)8-22)14-11(23-17)5-2-6-12(14)24/h1,3-4,7,13-15,27H,2,5-6H2,(H,25,26). The van der Waals surface area contributed by atoms with Crippen LogP contribution in [0.15, 0.2) is 29.3 Å². The summed E-state index contributed by atoms with van der Waals surface area (Å²) < 4.78 is 41.0. The van der Waals surface area contributed by atoms with Crippen LogP contribution in [0, 0.1) is 23.2 Å². The van der Waals surface area contributed by atoms with E-state index in [0.717, 1.165) is 0 Å². The minimum atomic E-state index is -5.35. The molecular weight excluding hydrogens is 365 g/mol. The summed E-state index contributed by atoms with van der Waals surface area (Å²) in [7, 11) is 0. The van der Waals surface area contributed by atoms with E-state index in [9.17, 15) is 33.0 Å². The van der Waals surface area contributed by atoms with E-state index in [1.54, 1.807) is 0 Å². The lowest BCUT2D eigenvalue weighted by Crippen LogP contribution is -2.60. The molecule has 1 saturated carbocycles. The SMILES string of the molecule is N#Cc1cccc(C2C3C(=O)CCCC3=NC(O)(C(F)(F)F)C2C(=O)O)c1. The fourth-order valence-corrected chi connectivity index (χ4v) is 3.97. The highest BCUT2D eigenvalue weighted by atomic mass is 19.4. The lowest BCUT2D eigenvalue weighted by atomic mass is 9.64. The first-order valence-corrected chi connectivity index (χ1v) is 8.23. The van der Waals surface area contributed by atoms with Gasteiger partial charge in [0.05, 0.1) is 17.6 Å². The monoisotopic (exact) mass is 380 g/mol. The lowest BCUT2D eigenvalue weighted by Gasteiger charge is -2.45. The number of rotatable bonds is 2. The number of hydrogen-bond acceptors (Lipinski definition) is 5. The Morgan fingerprint density at radius 1 is 1.33 bits per heavy atom. The highest BCUT2D eigenvalue weighted by molar-refractivity contribution is 6.09. The molecule has 0 saturated heterocycles. The molecule has 2 aliphatic rings. The third-order valence-electron chi connectivity index (χ3n) is 5.11. The number of Topliss-reactive ketones (excluding diaryl/α,β-unsaturated/α-hetero) is 1. The molecule has 0 radical (unpaired) electrons. The fourth-order valence-electron chi connectivity index (χ4n) is 3.97. The van der Waals surface area contributed by atoms with E-state index < -0.39 is 41.4 Å². The van der Waals surface area contributed by atoms with Crippen LogP contribution in [0.2, 0.25) is 0 Å². The van der Waals surface area contributed by atoms with Gasteiger partial charge in [0.15, 0.2) is 0 Å². The molecule has 4 unspecified atom stereocenters. The summed E-state index contributed by atoms with van der Waals surface area (Å²) in [5, 5.41) is 29.0. The van der Waals surface area contributed by atoms with Gasteiger partial charge in [-0.3, -0.25) is 9.59 Å². The minimum Gasteiger partial charge on any atom is -0.481 e. The molecule has 1 fully saturated rings. The van der Waals surface area contributed by atoms with Crippen molar-refractivity contribution in [2.75, 3.05) is 0 Å². The summed E-state index contributed by atoms with van der Waals surface area (Å²) in [5.74, 6) is -7.40. The number of carbonyl (C=O) groups excluding carboxylic acids is 1. The third-order valence-corrected chi connectivity index (χ3v) is 5.11. The largest absolute Gasteiger partial charge is 0.481 e. The maximum atomic E-state index is 13.7. The Balaban J connectivity index is 2.29. The average Bonchev–Trinajstić information content (AvgIpc) is 2.59. The van der Waals surface area contributed by atoms with Crippen molar-refractivity contribution in [3.8, 4) is 6.07 Å².